The van der Waals surface area contributed by atoms with Crippen LogP contribution < -0.4 is 0 Å². The van der Waals surface area contributed by atoms with Gasteiger partial charge in [0.05, 0.1) is 0 Å². The van der Waals surface area contributed by atoms with Gasteiger partial charge in [-0.15, -0.1) is 0 Å². The Kier molecular flexibility index (Phi) is 6.38. The van der Waals surface area contributed by atoms with Crippen LogP contribution in [0.1, 0.15) is 81.8 Å². The average Bonchev–Trinajstić information content (AvgIpc) is 2.42. The Balaban J connectivity index is 0.000000251. The molecule has 0 saturated heterocycles. The van der Waals surface area contributed by atoms with Crippen LogP contribution in [-0.4, -0.2) is 24.9 Å². The van der Waals surface area contributed by atoms with Crippen molar-refractivity contribution in [2.24, 2.45) is 0 Å². The second-order valence-electron chi connectivity index (χ2n) is 8.60. The van der Waals surface area contributed by atoms with Crippen molar-refractivity contribution < 1.29 is 0 Å². The Bertz CT molecular complexity index is 693. The Labute approximate surface area is 152 Å². The van der Waals surface area contributed by atoms with E-state index >= 15 is 0 Å². The molecule has 5 nitrogen and oxygen atoms in total. The minimum absolute atomic E-state index is 0.0124. The van der Waals surface area contributed by atoms with Gasteiger partial charge >= 0.3 is 0 Å². The third kappa shape index (κ3) is 6.15. The fraction of sp³-hybridized carbons (Fsp3) is 0.650. The number of nitrogens with zero attached hydrogens (tertiary/aromatic N) is 5. The number of aryl methyl sites for hydroxylation is 4. The standard InChI is InChI=1S/C11H18N2.C9H15N3/c1-7-8(2)12-10(11(4,5)6)13-9(7)3;1-6-10-7(2)12-8(11-6)9(3,4)5/h1-6H3;1-5H3. The summed E-state index contributed by atoms with van der Waals surface area (Å²) < 4.78 is 0. The molecule has 2 heterocycles. The van der Waals surface area contributed by atoms with Crippen LogP contribution in [0, 0.1) is 34.6 Å². The molecule has 2 rings (SSSR count). The van der Waals surface area contributed by atoms with E-state index < -0.39 is 0 Å². The maximum absolute atomic E-state index is 4.49. The minimum atomic E-state index is 0.0124. The second kappa shape index (κ2) is 7.54. The highest BCUT2D eigenvalue weighted by Gasteiger charge is 2.19. The molecule has 0 radical (unpaired) electrons. The summed E-state index contributed by atoms with van der Waals surface area (Å²) in [6.07, 6.45) is 0. The Morgan fingerprint density at radius 3 is 1.12 bits per heavy atom. The normalized spacial score (nSPS) is 11.8. The Morgan fingerprint density at radius 1 is 0.480 bits per heavy atom. The van der Waals surface area contributed by atoms with Crippen LogP contribution in [-0.2, 0) is 10.8 Å². The zero-order valence-electron chi connectivity index (χ0n) is 17.7. The van der Waals surface area contributed by atoms with Gasteiger partial charge < -0.3 is 0 Å². The van der Waals surface area contributed by atoms with Crippen LogP contribution in [0.5, 0.6) is 0 Å². The minimum Gasteiger partial charge on any atom is -0.237 e. The van der Waals surface area contributed by atoms with E-state index in [0.29, 0.717) is 0 Å². The lowest BCUT2D eigenvalue weighted by atomic mass is 9.95. The molecule has 0 atom stereocenters. The van der Waals surface area contributed by atoms with Gasteiger partial charge in [0.1, 0.15) is 23.3 Å². The monoisotopic (exact) mass is 343 g/mol. The molecule has 138 valence electrons. The van der Waals surface area contributed by atoms with Gasteiger partial charge in [0, 0.05) is 22.2 Å². The third-order valence-corrected chi connectivity index (χ3v) is 3.83. The van der Waals surface area contributed by atoms with E-state index in [1.807, 2.05) is 27.7 Å². The molecule has 0 spiro atoms. The molecule has 0 amide bonds. The topological polar surface area (TPSA) is 64.5 Å². The van der Waals surface area contributed by atoms with Crippen molar-refractivity contribution in [3.8, 4) is 0 Å². The van der Waals surface area contributed by atoms with Crippen molar-refractivity contribution in [1.82, 2.24) is 24.9 Å². The summed E-state index contributed by atoms with van der Waals surface area (Å²) >= 11 is 0. The lowest BCUT2D eigenvalue weighted by Gasteiger charge is -2.18. The number of aromatic nitrogens is 5. The SMILES string of the molecule is Cc1nc(C(C)(C)C)nc(C)c1C.Cc1nc(C)nc(C(C)(C)C)n1. The average molecular weight is 344 g/mol. The molecule has 2 aromatic rings. The van der Waals surface area contributed by atoms with Crippen LogP contribution in [0.4, 0.5) is 0 Å². The molecule has 0 N–H and O–H groups in total. The van der Waals surface area contributed by atoms with E-state index in [-0.39, 0.29) is 10.8 Å². The van der Waals surface area contributed by atoms with Gasteiger partial charge in [-0.05, 0) is 40.2 Å². The van der Waals surface area contributed by atoms with Crippen molar-refractivity contribution >= 4 is 0 Å². The summed E-state index contributed by atoms with van der Waals surface area (Å²) in [5.74, 6) is 3.40. The molecule has 0 unspecified atom stereocenters. The molecule has 0 aliphatic rings. The summed E-state index contributed by atoms with van der Waals surface area (Å²) in [6.45, 7) is 22.6. The van der Waals surface area contributed by atoms with Crippen LogP contribution in [0.3, 0.4) is 0 Å². The highest BCUT2D eigenvalue weighted by molar-refractivity contribution is 5.23. The quantitative estimate of drug-likeness (QED) is 0.705. The number of rotatable bonds is 0. The third-order valence-electron chi connectivity index (χ3n) is 3.83. The van der Waals surface area contributed by atoms with Crippen molar-refractivity contribution in [2.75, 3.05) is 0 Å². The zero-order valence-corrected chi connectivity index (χ0v) is 17.7. The highest BCUT2D eigenvalue weighted by Crippen LogP contribution is 2.20. The number of hydrogen-bond donors (Lipinski definition) is 0. The fourth-order valence-corrected chi connectivity index (χ4v) is 2.06. The molecular formula is C20H33N5. The maximum atomic E-state index is 4.49. The fourth-order valence-electron chi connectivity index (χ4n) is 2.06. The molecular weight excluding hydrogens is 310 g/mol. The van der Waals surface area contributed by atoms with E-state index in [0.717, 1.165) is 34.7 Å². The van der Waals surface area contributed by atoms with E-state index in [4.69, 9.17) is 0 Å². The molecule has 0 aliphatic carbocycles. The first-order valence-electron chi connectivity index (χ1n) is 8.74. The largest absolute Gasteiger partial charge is 0.237 e. The molecule has 0 bridgehead atoms. The predicted molar refractivity (Wildman–Crippen MR) is 103 cm³/mol. The van der Waals surface area contributed by atoms with Crippen LogP contribution in [0.25, 0.3) is 0 Å². The first-order chi connectivity index (χ1) is 11.2. The molecule has 5 heteroatoms. The number of hydrogen-bond acceptors (Lipinski definition) is 5. The van der Waals surface area contributed by atoms with Crippen molar-refractivity contribution in [2.45, 2.75) is 87.0 Å². The lowest BCUT2D eigenvalue weighted by molar-refractivity contribution is 0.534. The van der Waals surface area contributed by atoms with Crippen molar-refractivity contribution in [3.63, 3.8) is 0 Å². The summed E-state index contributed by atoms with van der Waals surface area (Å²) in [7, 11) is 0. The van der Waals surface area contributed by atoms with Gasteiger partial charge in [-0.2, -0.15) is 0 Å². The van der Waals surface area contributed by atoms with Gasteiger partial charge in [0.2, 0.25) is 0 Å². The Hall–Kier alpha value is -1.91. The van der Waals surface area contributed by atoms with Gasteiger partial charge in [-0.25, -0.2) is 24.9 Å². The smallest absolute Gasteiger partial charge is 0.137 e. The summed E-state index contributed by atoms with van der Waals surface area (Å²) in [5, 5.41) is 0. The van der Waals surface area contributed by atoms with Gasteiger partial charge in [0.25, 0.3) is 0 Å². The lowest BCUT2D eigenvalue weighted by Crippen LogP contribution is -2.18. The molecule has 0 aromatic carbocycles. The van der Waals surface area contributed by atoms with Crippen LogP contribution >= 0.6 is 0 Å². The van der Waals surface area contributed by atoms with Crippen LogP contribution in [0.2, 0.25) is 0 Å². The van der Waals surface area contributed by atoms with Gasteiger partial charge in [-0.3, -0.25) is 0 Å². The summed E-state index contributed by atoms with van der Waals surface area (Å²) in [5.41, 5.74) is 3.45. The van der Waals surface area contributed by atoms with Crippen LogP contribution in [0.15, 0.2) is 0 Å². The molecule has 0 fully saturated rings. The second-order valence-corrected chi connectivity index (χ2v) is 8.60. The van der Waals surface area contributed by atoms with Crippen molar-refractivity contribution in [3.05, 3.63) is 40.2 Å². The molecule has 25 heavy (non-hydrogen) atoms. The predicted octanol–water partition coefficient (Wildman–Crippen LogP) is 4.49. The maximum Gasteiger partial charge on any atom is 0.137 e. The molecule has 2 aromatic heterocycles. The summed E-state index contributed by atoms with van der Waals surface area (Å²) in [6, 6.07) is 0. The zero-order chi connectivity index (χ0) is 19.6. The first-order valence-corrected chi connectivity index (χ1v) is 8.74. The van der Waals surface area contributed by atoms with E-state index in [9.17, 15) is 0 Å². The highest BCUT2D eigenvalue weighted by atomic mass is 15.0. The molecule has 0 saturated carbocycles. The summed E-state index contributed by atoms with van der Waals surface area (Å²) in [4.78, 5) is 21.7. The first kappa shape index (κ1) is 21.1. The van der Waals surface area contributed by atoms with E-state index in [1.165, 1.54) is 5.56 Å². The van der Waals surface area contributed by atoms with Crippen molar-refractivity contribution in [1.29, 1.82) is 0 Å². The molecule has 0 aliphatic heterocycles. The van der Waals surface area contributed by atoms with E-state index in [2.05, 4.69) is 73.4 Å². The van der Waals surface area contributed by atoms with Gasteiger partial charge in [-0.1, -0.05) is 41.5 Å². The van der Waals surface area contributed by atoms with E-state index in [1.54, 1.807) is 0 Å². The Morgan fingerprint density at radius 2 is 0.800 bits per heavy atom. The van der Waals surface area contributed by atoms with Gasteiger partial charge in [0.15, 0.2) is 0 Å².